The molecule has 0 fully saturated rings. The maximum Gasteiger partial charge on any atom is 0.408 e. The smallest absolute Gasteiger partial charge is 0.408 e. The Morgan fingerprint density at radius 2 is 1.95 bits per heavy atom. The van der Waals surface area contributed by atoms with Gasteiger partial charge in [0.05, 0.1) is 12.6 Å². The van der Waals surface area contributed by atoms with Crippen molar-refractivity contribution in [1.82, 2.24) is 5.32 Å². The molecule has 0 bridgehead atoms. The zero-order valence-electron chi connectivity index (χ0n) is 13.2. The zero-order valence-corrected chi connectivity index (χ0v) is 13.2. The lowest BCUT2D eigenvalue weighted by atomic mass is 9.94. The molecule has 0 radical (unpaired) electrons. The van der Waals surface area contributed by atoms with Crippen LogP contribution in [-0.2, 0) is 16.0 Å². The highest BCUT2D eigenvalue weighted by Crippen LogP contribution is 2.18. The molecule has 1 amide bonds. The van der Waals surface area contributed by atoms with Crippen molar-refractivity contribution in [1.29, 1.82) is 0 Å². The maximum atomic E-state index is 11.8. The van der Waals surface area contributed by atoms with Gasteiger partial charge >= 0.3 is 6.09 Å². The summed E-state index contributed by atoms with van der Waals surface area (Å²) in [6, 6.07) is 7.37. The van der Waals surface area contributed by atoms with E-state index in [2.05, 4.69) is 5.32 Å². The van der Waals surface area contributed by atoms with Crippen LogP contribution in [0.4, 0.5) is 4.79 Å². The molecule has 0 aliphatic rings. The second-order valence-corrected chi connectivity index (χ2v) is 6.19. The number of hydrogen-bond donors (Lipinski definition) is 1. The summed E-state index contributed by atoms with van der Waals surface area (Å²) in [5.41, 5.74) is -0.751. The van der Waals surface area contributed by atoms with Crippen LogP contribution < -0.4 is 10.1 Å². The Bertz CT molecular complexity index is 507. The molecule has 5 heteroatoms. The van der Waals surface area contributed by atoms with E-state index < -0.39 is 17.2 Å². The van der Waals surface area contributed by atoms with Crippen molar-refractivity contribution in [2.45, 2.75) is 45.3 Å². The van der Waals surface area contributed by atoms with Crippen molar-refractivity contribution in [3.63, 3.8) is 0 Å². The first-order valence-corrected chi connectivity index (χ1v) is 6.78. The molecule has 0 saturated heterocycles. The Morgan fingerprint density at radius 3 is 2.48 bits per heavy atom. The minimum atomic E-state index is -1.03. The number of aldehydes is 1. The Labute approximate surface area is 125 Å². The Hall–Kier alpha value is -2.04. The average Bonchev–Trinajstić information content (AvgIpc) is 2.36. The lowest BCUT2D eigenvalue weighted by Crippen LogP contribution is -2.50. The van der Waals surface area contributed by atoms with Gasteiger partial charge in [0, 0.05) is 6.42 Å². The highest BCUT2D eigenvalue weighted by molar-refractivity contribution is 5.76. The quantitative estimate of drug-likeness (QED) is 0.848. The Balaban J connectivity index is 2.79. The summed E-state index contributed by atoms with van der Waals surface area (Å²) in [6.45, 7) is 6.97. The van der Waals surface area contributed by atoms with Gasteiger partial charge < -0.3 is 19.6 Å². The summed E-state index contributed by atoms with van der Waals surface area (Å²) >= 11 is 0. The number of carbonyl (C=O) groups excluding carboxylic acids is 2. The van der Waals surface area contributed by atoms with Crippen molar-refractivity contribution in [2.75, 3.05) is 7.11 Å². The van der Waals surface area contributed by atoms with Gasteiger partial charge in [0.25, 0.3) is 0 Å². The van der Waals surface area contributed by atoms with E-state index >= 15 is 0 Å². The van der Waals surface area contributed by atoms with Gasteiger partial charge in [-0.15, -0.1) is 0 Å². The normalized spacial score (nSPS) is 14.0. The van der Waals surface area contributed by atoms with Crippen LogP contribution in [0.25, 0.3) is 0 Å². The van der Waals surface area contributed by atoms with Gasteiger partial charge in [0.2, 0.25) is 0 Å². The molecule has 0 aliphatic carbocycles. The molecule has 116 valence electrons. The molecule has 1 aromatic rings. The van der Waals surface area contributed by atoms with Gasteiger partial charge in [-0.3, -0.25) is 0 Å². The Kier molecular flexibility index (Phi) is 5.35. The van der Waals surface area contributed by atoms with E-state index in [1.165, 1.54) is 0 Å². The fourth-order valence-corrected chi connectivity index (χ4v) is 1.86. The summed E-state index contributed by atoms with van der Waals surface area (Å²) in [7, 11) is 1.58. The molecule has 0 spiro atoms. The number of ether oxygens (including phenoxy) is 2. The third-order valence-electron chi connectivity index (χ3n) is 2.75. The average molecular weight is 293 g/mol. The van der Waals surface area contributed by atoms with Crippen molar-refractivity contribution in [2.24, 2.45) is 0 Å². The highest BCUT2D eigenvalue weighted by atomic mass is 16.6. The standard InChI is InChI=1S/C16H23NO4/c1-15(2,3)21-14(19)17-16(4,11-18)10-12-7-6-8-13(9-12)20-5/h6-9,11H,10H2,1-5H3,(H,17,19). The predicted molar refractivity (Wildman–Crippen MR) is 80.5 cm³/mol. The number of amides is 1. The SMILES string of the molecule is COc1cccc(CC(C)(C=O)NC(=O)OC(C)(C)C)c1. The van der Waals surface area contributed by atoms with Gasteiger partial charge in [-0.25, -0.2) is 4.79 Å². The van der Waals surface area contributed by atoms with Crippen LogP contribution in [0.1, 0.15) is 33.3 Å². The number of carbonyl (C=O) groups is 2. The number of rotatable bonds is 5. The molecule has 5 nitrogen and oxygen atoms in total. The first-order chi connectivity index (χ1) is 9.67. The molecular formula is C16H23NO4. The van der Waals surface area contributed by atoms with Crippen LogP contribution in [-0.4, -0.2) is 30.6 Å². The van der Waals surface area contributed by atoms with Crippen LogP contribution in [0.2, 0.25) is 0 Å². The van der Waals surface area contributed by atoms with Crippen molar-refractivity contribution >= 4 is 12.4 Å². The molecule has 1 atom stereocenters. The molecule has 0 aromatic heterocycles. The summed E-state index contributed by atoms with van der Waals surface area (Å²) in [6.07, 6.45) is 0.462. The number of methoxy groups -OCH3 is 1. The van der Waals surface area contributed by atoms with E-state index in [0.29, 0.717) is 12.2 Å². The number of hydrogen-bond acceptors (Lipinski definition) is 4. The summed E-state index contributed by atoms with van der Waals surface area (Å²) < 4.78 is 10.3. The third kappa shape index (κ3) is 5.85. The second kappa shape index (κ2) is 6.61. The predicted octanol–water partition coefficient (Wildman–Crippen LogP) is 2.72. The molecule has 0 saturated carbocycles. The van der Waals surface area contributed by atoms with Gasteiger partial charge in [0.1, 0.15) is 17.6 Å². The molecule has 1 N–H and O–H groups in total. The third-order valence-corrected chi connectivity index (χ3v) is 2.75. The number of benzene rings is 1. The fraction of sp³-hybridized carbons (Fsp3) is 0.500. The van der Waals surface area contributed by atoms with E-state index in [1.807, 2.05) is 24.3 Å². The highest BCUT2D eigenvalue weighted by Gasteiger charge is 2.29. The topological polar surface area (TPSA) is 64.6 Å². The monoisotopic (exact) mass is 293 g/mol. The molecule has 1 unspecified atom stereocenters. The van der Waals surface area contributed by atoms with E-state index in [9.17, 15) is 9.59 Å². The van der Waals surface area contributed by atoms with E-state index in [-0.39, 0.29) is 0 Å². The molecule has 21 heavy (non-hydrogen) atoms. The Morgan fingerprint density at radius 1 is 1.29 bits per heavy atom. The van der Waals surface area contributed by atoms with Crippen LogP contribution in [0, 0.1) is 0 Å². The molecule has 0 aliphatic heterocycles. The fourth-order valence-electron chi connectivity index (χ4n) is 1.86. The van der Waals surface area contributed by atoms with Gasteiger partial charge in [-0.2, -0.15) is 0 Å². The lowest BCUT2D eigenvalue weighted by Gasteiger charge is -2.27. The lowest BCUT2D eigenvalue weighted by molar-refractivity contribution is -0.112. The molecule has 1 rings (SSSR count). The van der Waals surface area contributed by atoms with Gasteiger partial charge in [-0.1, -0.05) is 12.1 Å². The summed E-state index contributed by atoms with van der Waals surface area (Å²) in [5.74, 6) is 0.706. The molecular weight excluding hydrogens is 270 g/mol. The van der Waals surface area contributed by atoms with Crippen LogP contribution in [0.3, 0.4) is 0 Å². The first kappa shape index (κ1) is 17.0. The number of nitrogens with one attached hydrogen (secondary N) is 1. The van der Waals surface area contributed by atoms with Crippen LogP contribution in [0.5, 0.6) is 5.75 Å². The number of alkyl carbamates (subject to hydrolysis) is 1. The largest absolute Gasteiger partial charge is 0.497 e. The summed E-state index contributed by atoms with van der Waals surface area (Å²) in [5, 5.41) is 2.62. The van der Waals surface area contributed by atoms with E-state index in [0.717, 1.165) is 11.8 Å². The van der Waals surface area contributed by atoms with Crippen molar-refractivity contribution < 1.29 is 19.1 Å². The zero-order chi connectivity index (χ0) is 16.1. The van der Waals surface area contributed by atoms with Crippen LogP contribution >= 0.6 is 0 Å². The maximum absolute atomic E-state index is 11.8. The second-order valence-electron chi connectivity index (χ2n) is 6.19. The van der Waals surface area contributed by atoms with Gasteiger partial charge in [-0.05, 0) is 45.4 Å². The van der Waals surface area contributed by atoms with Gasteiger partial charge in [0.15, 0.2) is 0 Å². The first-order valence-electron chi connectivity index (χ1n) is 6.78. The molecule has 0 heterocycles. The van der Waals surface area contributed by atoms with E-state index in [4.69, 9.17) is 9.47 Å². The van der Waals surface area contributed by atoms with Crippen LogP contribution in [0.15, 0.2) is 24.3 Å². The van der Waals surface area contributed by atoms with Crippen molar-refractivity contribution in [3.05, 3.63) is 29.8 Å². The minimum Gasteiger partial charge on any atom is -0.497 e. The minimum absolute atomic E-state index is 0.354. The van der Waals surface area contributed by atoms with Crippen molar-refractivity contribution in [3.8, 4) is 5.75 Å². The van der Waals surface area contributed by atoms with E-state index in [1.54, 1.807) is 34.8 Å². The molecule has 1 aromatic carbocycles. The summed E-state index contributed by atoms with van der Waals surface area (Å²) in [4.78, 5) is 23.2.